The zero-order valence-corrected chi connectivity index (χ0v) is 12.0. The van der Waals surface area contributed by atoms with Crippen LogP contribution in [-0.2, 0) is 14.2 Å². The van der Waals surface area contributed by atoms with Gasteiger partial charge in [-0.05, 0) is 27.2 Å². The van der Waals surface area contributed by atoms with Crippen LogP contribution in [0.3, 0.4) is 0 Å². The van der Waals surface area contributed by atoms with Crippen LogP contribution in [0.1, 0.15) is 40.5 Å². The van der Waals surface area contributed by atoms with Gasteiger partial charge in [0.15, 0.2) is 0 Å². The van der Waals surface area contributed by atoms with Crippen molar-refractivity contribution < 1.29 is 19.0 Å². The lowest BCUT2D eigenvalue weighted by Gasteiger charge is -2.35. The second-order valence-electron chi connectivity index (χ2n) is 5.63. The maximum Gasteiger partial charge on any atom is 0.408 e. The van der Waals surface area contributed by atoms with Crippen molar-refractivity contribution in [2.45, 2.75) is 64.4 Å². The van der Waals surface area contributed by atoms with E-state index in [1.165, 1.54) is 0 Å². The molecule has 0 aliphatic carbocycles. The molecule has 0 aromatic heterocycles. The molecule has 106 valence electrons. The van der Waals surface area contributed by atoms with E-state index >= 15 is 0 Å². The predicted molar refractivity (Wildman–Crippen MR) is 68.6 cm³/mol. The van der Waals surface area contributed by atoms with Gasteiger partial charge in [0.05, 0.1) is 24.9 Å². The van der Waals surface area contributed by atoms with Crippen molar-refractivity contribution in [2.75, 3.05) is 13.7 Å². The summed E-state index contributed by atoms with van der Waals surface area (Å²) in [4.78, 5) is 11.7. The Labute approximate surface area is 109 Å². The first-order chi connectivity index (χ1) is 8.35. The average molecular weight is 259 g/mol. The maximum absolute atomic E-state index is 11.7. The van der Waals surface area contributed by atoms with Crippen LogP contribution in [0, 0.1) is 0 Å². The number of hydrogen-bond donors (Lipinski definition) is 1. The second kappa shape index (κ2) is 6.38. The first-order valence-electron chi connectivity index (χ1n) is 6.49. The summed E-state index contributed by atoms with van der Waals surface area (Å²) in [6.07, 6.45) is 1.53. The number of ether oxygens (including phenoxy) is 3. The molecule has 5 heteroatoms. The monoisotopic (exact) mass is 259 g/mol. The Morgan fingerprint density at radius 3 is 2.61 bits per heavy atom. The number of rotatable bonds is 3. The van der Waals surface area contributed by atoms with Crippen molar-refractivity contribution in [3.05, 3.63) is 0 Å². The Bertz CT molecular complexity index is 275. The van der Waals surface area contributed by atoms with E-state index in [1.807, 2.05) is 20.8 Å². The molecular formula is C13H25NO4. The molecule has 0 aromatic rings. The molecule has 18 heavy (non-hydrogen) atoms. The highest BCUT2D eigenvalue weighted by Gasteiger charge is 2.32. The minimum Gasteiger partial charge on any atom is -0.444 e. The van der Waals surface area contributed by atoms with Gasteiger partial charge in [0.1, 0.15) is 5.60 Å². The Morgan fingerprint density at radius 1 is 1.44 bits per heavy atom. The van der Waals surface area contributed by atoms with Gasteiger partial charge in [0.25, 0.3) is 0 Å². The Balaban J connectivity index is 2.48. The van der Waals surface area contributed by atoms with Gasteiger partial charge in [-0.15, -0.1) is 0 Å². The lowest BCUT2D eigenvalue weighted by molar-refractivity contribution is -0.0813. The highest BCUT2D eigenvalue weighted by atomic mass is 16.6. The lowest BCUT2D eigenvalue weighted by Crippen LogP contribution is -2.53. The molecular weight excluding hydrogens is 234 g/mol. The maximum atomic E-state index is 11.7. The number of amides is 1. The molecule has 0 saturated carbocycles. The fourth-order valence-electron chi connectivity index (χ4n) is 1.98. The topological polar surface area (TPSA) is 56.8 Å². The van der Waals surface area contributed by atoms with E-state index in [4.69, 9.17) is 14.2 Å². The molecule has 5 nitrogen and oxygen atoms in total. The molecule has 1 heterocycles. The Morgan fingerprint density at radius 2 is 2.11 bits per heavy atom. The Kier molecular flexibility index (Phi) is 5.41. The molecule has 1 saturated heterocycles. The van der Waals surface area contributed by atoms with E-state index in [2.05, 4.69) is 12.2 Å². The molecule has 1 rings (SSSR count). The summed E-state index contributed by atoms with van der Waals surface area (Å²) in [6, 6.07) is -0.146. The van der Waals surface area contributed by atoms with Crippen molar-refractivity contribution >= 4 is 6.09 Å². The quantitative estimate of drug-likeness (QED) is 0.843. The predicted octanol–water partition coefficient (Wildman–Crippen LogP) is 2.09. The highest BCUT2D eigenvalue weighted by molar-refractivity contribution is 5.68. The number of methoxy groups -OCH3 is 1. The summed E-state index contributed by atoms with van der Waals surface area (Å²) in [5, 5.41) is 2.81. The molecule has 0 bridgehead atoms. The average Bonchev–Trinajstić information content (AvgIpc) is 2.27. The summed E-state index contributed by atoms with van der Waals surface area (Å²) in [5.74, 6) is 0. The fraction of sp³-hybridized carbons (Fsp3) is 0.923. The number of carbonyl (C=O) groups is 1. The molecule has 1 amide bonds. The summed E-state index contributed by atoms with van der Waals surface area (Å²) in [6.45, 7) is 8.07. The first kappa shape index (κ1) is 15.2. The summed E-state index contributed by atoms with van der Waals surface area (Å²) >= 11 is 0. The molecule has 3 atom stereocenters. The van der Waals surface area contributed by atoms with Gasteiger partial charge < -0.3 is 19.5 Å². The lowest BCUT2D eigenvalue weighted by atomic mass is 10.00. The first-order valence-corrected chi connectivity index (χ1v) is 6.49. The van der Waals surface area contributed by atoms with Crippen LogP contribution in [0.4, 0.5) is 4.79 Å². The van der Waals surface area contributed by atoms with Gasteiger partial charge in [-0.2, -0.15) is 0 Å². The summed E-state index contributed by atoms with van der Waals surface area (Å²) in [7, 11) is 1.66. The van der Waals surface area contributed by atoms with Crippen molar-refractivity contribution in [3.8, 4) is 0 Å². The molecule has 1 fully saturated rings. The molecule has 0 spiro atoms. The third-order valence-corrected chi connectivity index (χ3v) is 2.92. The molecule has 1 aliphatic heterocycles. The smallest absolute Gasteiger partial charge is 0.408 e. The summed E-state index contributed by atoms with van der Waals surface area (Å²) < 4.78 is 16.3. The van der Waals surface area contributed by atoms with Crippen molar-refractivity contribution in [1.82, 2.24) is 5.32 Å². The summed E-state index contributed by atoms with van der Waals surface area (Å²) in [5.41, 5.74) is -0.492. The molecule has 0 radical (unpaired) electrons. The third-order valence-electron chi connectivity index (χ3n) is 2.92. The van der Waals surface area contributed by atoms with Crippen LogP contribution in [0.15, 0.2) is 0 Å². The normalized spacial score (nSPS) is 28.8. The van der Waals surface area contributed by atoms with Crippen LogP contribution in [0.5, 0.6) is 0 Å². The van der Waals surface area contributed by atoms with E-state index in [9.17, 15) is 4.79 Å². The molecule has 0 aromatic carbocycles. The minimum absolute atomic E-state index is 0.0174. The number of nitrogens with one attached hydrogen (secondary N) is 1. The zero-order chi connectivity index (χ0) is 13.8. The van der Waals surface area contributed by atoms with Gasteiger partial charge >= 0.3 is 6.09 Å². The second-order valence-corrected chi connectivity index (χ2v) is 5.63. The molecule has 1 N–H and O–H groups in total. The van der Waals surface area contributed by atoms with Gasteiger partial charge in [0.2, 0.25) is 0 Å². The van der Waals surface area contributed by atoms with Crippen molar-refractivity contribution in [2.24, 2.45) is 0 Å². The zero-order valence-electron chi connectivity index (χ0n) is 12.0. The van der Waals surface area contributed by atoms with E-state index in [0.29, 0.717) is 6.61 Å². The number of hydrogen-bond acceptors (Lipinski definition) is 4. The van der Waals surface area contributed by atoms with Crippen molar-refractivity contribution in [1.29, 1.82) is 0 Å². The number of alkyl carbamates (subject to hydrolysis) is 1. The van der Waals surface area contributed by atoms with E-state index in [-0.39, 0.29) is 18.2 Å². The van der Waals surface area contributed by atoms with E-state index < -0.39 is 11.7 Å². The molecule has 1 aliphatic rings. The van der Waals surface area contributed by atoms with Crippen LogP contribution in [0.25, 0.3) is 0 Å². The SMILES string of the molecule is CC[C@@H]1C[C@H](OC)[C@@H](NC(=O)OC(C)(C)C)CO1. The fourth-order valence-corrected chi connectivity index (χ4v) is 1.98. The highest BCUT2D eigenvalue weighted by Crippen LogP contribution is 2.19. The van der Waals surface area contributed by atoms with Crippen LogP contribution in [0.2, 0.25) is 0 Å². The van der Waals surface area contributed by atoms with Gasteiger partial charge in [-0.1, -0.05) is 6.92 Å². The Hall–Kier alpha value is -0.810. The van der Waals surface area contributed by atoms with Gasteiger partial charge in [-0.3, -0.25) is 0 Å². The standard InChI is InChI=1S/C13H25NO4/c1-6-9-7-11(16-5)10(8-17-9)14-12(15)18-13(2,3)4/h9-11H,6-8H2,1-5H3,(H,14,15)/t9-,10+,11+/m1/s1. The van der Waals surface area contributed by atoms with Crippen LogP contribution >= 0.6 is 0 Å². The third kappa shape index (κ3) is 4.82. The van der Waals surface area contributed by atoms with Gasteiger partial charge in [-0.25, -0.2) is 4.79 Å². The van der Waals surface area contributed by atoms with Crippen molar-refractivity contribution in [3.63, 3.8) is 0 Å². The van der Waals surface area contributed by atoms with Crippen LogP contribution < -0.4 is 5.32 Å². The minimum atomic E-state index is -0.492. The van der Waals surface area contributed by atoms with Gasteiger partial charge in [0, 0.05) is 13.5 Å². The van der Waals surface area contributed by atoms with Crippen LogP contribution in [-0.4, -0.2) is 43.7 Å². The van der Waals surface area contributed by atoms with E-state index in [1.54, 1.807) is 7.11 Å². The molecule has 0 unspecified atom stereocenters. The van der Waals surface area contributed by atoms with E-state index in [0.717, 1.165) is 12.8 Å². The largest absolute Gasteiger partial charge is 0.444 e. The number of carbonyl (C=O) groups excluding carboxylic acids is 1.